The summed E-state index contributed by atoms with van der Waals surface area (Å²) in [4.78, 5) is 18.0. The summed E-state index contributed by atoms with van der Waals surface area (Å²) in [7, 11) is 1.37. The Morgan fingerprint density at radius 2 is 2.26 bits per heavy atom. The number of aromatic nitrogens is 1. The number of oxazole rings is 1. The van der Waals surface area contributed by atoms with E-state index in [1.165, 1.54) is 7.11 Å². The Morgan fingerprint density at radius 3 is 3.04 bits per heavy atom. The lowest BCUT2D eigenvalue weighted by atomic mass is 10.1. The molecule has 23 heavy (non-hydrogen) atoms. The van der Waals surface area contributed by atoms with Crippen LogP contribution >= 0.6 is 0 Å². The molecule has 1 saturated heterocycles. The lowest BCUT2D eigenvalue weighted by Crippen LogP contribution is -2.46. The first kappa shape index (κ1) is 15.7. The molecule has 122 valence electrons. The SMILES string of the molecule is COC(=O)C1CN(Cc2ncc(-c3ccccc3C)o2)CCO1. The quantitative estimate of drug-likeness (QED) is 0.804. The van der Waals surface area contributed by atoms with Crippen molar-refractivity contribution in [2.75, 3.05) is 26.8 Å². The van der Waals surface area contributed by atoms with E-state index in [9.17, 15) is 4.79 Å². The summed E-state index contributed by atoms with van der Waals surface area (Å²) in [6.45, 7) is 4.29. The summed E-state index contributed by atoms with van der Waals surface area (Å²) >= 11 is 0. The number of morpholine rings is 1. The van der Waals surface area contributed by atoms with Crippen LogP contribution in [-0.2, 0) is 20.8 Å². The summed E-state index contributed by atoms with van der Waals surface area (Å²) in [5.41, 5.74) is 2.19. The molecule has 0 spiro atoms. The minimum absolute atomic E-state index is 0.345. The van der Waals surface area contributed by atoms with Crippen LogP contribution in [0.25, 0.3) is 11.3 Å². The third-order valence-electron chi connectivity index (χ3n) is 3.94. The molecule has 1 aliphatic rings. The van der Waals surface area contributed by atoms with Crippen molar-refractivity contribution in [3.63, 3.8) is 0 Å². The first-order valence-corrected chi connectivity index (χ1v) is 7.60. The van der Waals surface area contributed by atoms with Gasteiger partial charge in [-0.1, -0.05) is 24.3 Å². The van der Waals surface area contributed by atoms with E-state index in [2.05, 4.69) is 9.88 Å². The molecule has 6 nitrogen and oxygen atoms in total. The van der Waals surface area contributed by atoms with E-state index in [0.29, 0.717) is 25.6 Å². The molecule has 6 heteroatoms. The van der Waals surface area contributed by atoms with Gasteiger partial charge in [0.25, 0.3) is 0 Å². The number of aryl methyl sites for hydroxylation is 1. The fourth-order valence-electron chi connectivity index (χ4n) is 2.67. The number of ether oxygens (including phenoxy) is 2. The topological polar surface area (TPSA) is 64.8 Å². The van der Waals surface area contributed by atoms with E-state index in [1.54, 1.807) is 6.20 Å². The van der Waals surface area contributed by atoms with Crippen molar-refractivity contribution in [1.82, 2.24) is 9.88 Å². The molecule has 1 fully saturated rings. The Morgan fingerprint density at radius 1 is 1.43 bits per heavy atom. The van der Waals surface area contributed by atoms with Crippen LogP contribution in [0.15, 0.2) is 34.9 Å². The van der Waals surface area contributed by atoms with E-state index in [0.717, 1.165) is 23.4 Å². The van der Waals surface area contributed by atoms with E-state index in [4.69, 9.17) is 13.9 Å². The van der Waals surface area contributed by atoms with Crippen LogP contribution in [0.5, 0.6) is 0 Å². The molecule has 0 bridgehead atoms. The molecule has 0 radical (unpaired) electrons. The molecular weight excluding hydrogens is 296 g/mol. The largest absolute Gasteiger partial charge is 0.467 e. The number of rotatable bonds is 4. The minimum atomic E-state index is -0.542. The monoisotopic (exact) mass is 316 g/mol. The van der Waals surface area contributed by atoms with E-state index in [1.807, 2.05) is 31.2 Å². The second-order valence-corrected chi connectivity index (χ2v) is 5.55. The zero-order valence-electron chi connectivity index (χ0n) is 13.3. The molecular formula is C17H20N2O4. The maximum absolute atomic E-state index is 11.6. The van der Waals surface area contributed by atoms with Gasteiger partial charge in [0.05, 0.1) is 26.5 Å². The van der Waals surface area contributed by atoms with Gasteiger partial charge in [0.2, 0.25) is 5.89 Å². The van der Waals surface area contributed by atoms with Gasteiger partial charge in [-0.2, -0.15) is 0 Å². The number of hydrogen-bond acceptors (Lipinski definition) is 6. The van der Waals surface area contributed by atoms with Gasteiger partial charge in [-0.25, -0.2) is 9.78 Å². The van der Waals surface area contributed by atoms with Gasteiger partial charge < -0.3 is 13.9 Å². The van der Waals surface area contributed by atoms with Gasteiger partial charge in [0.1, 0.15) is 0 Å². The number of benzene rings is 1. The highest BCUT2D eigenvalue weighted by atomic mass is 16.6. The molecule has 1 unspecified atom stereocenters. The summed E-state index contributed by atoms with van der Waals surface area (Å²) in [6.07, 6.45) is 1.20. The average Bonchev–Trinajstić information content (AvgIpc) is 3.03. The molecule has 1 aromatic carbocycles. The number of carbonyl (C=O) groups is 1. The zero-order valence-corrected chi connectivity index (χ0v) is 13.3. The summed E-state index contributed by atoms with van der Waals surface area (Å²) in [5.74, 6) is 1.05. The van der Waals surface area contributed by atoms with Crippen molar-refractivity contribution in [2.24, 2.45) is 0 Å². The van der Waals surface area contributed by atoms with Crippen LogP contribution < -0.4 is 0 Å². The Bertz CT molecular complexity index is 683. The van der Waals surface area contributed by atoms with Gasteiger partial charge in [-0.05, 0) is 12.5 Å². The first-order chi connectivity index (χ1) is 11.2. The third kappa shape index (κ3) is 3.60. The van der Waals surface area contributed by atoms with Gasteiger partial charge in [0.15, 0.2) is 11.9 Å². The molecule has 1 aromatic heterocycles. The summed E-state index contributed by atoms with van der Waals surface area (Å²) in [5, 5.41) is 0. The number of nitrogens with zero attached hydrogens (tertiary/aromatic N) is 2. The van der Waals surface area contributed by atoms with Gasteiger partial charge >= 0.3 is 5.97 Å². The molecule has 0 N–H and O–H groups in total. The number of carbonyl (C=O) groups excluding carboxylic acids is 1. The summed E-state index contributed by atoms with van der Waals surface area (Å²) in [6, 6.07) is 8.03. The maximum Gasteiger partial charge on any atom is 0.336 e. The maximum atomic E-state index is 11.6. The highest BCUT2D eigenvalue weighted by Gasteiger charge is 2.28. The Balaban J connectivity index is 1.67. The Labute approximate surface area is 135 Å². The molecule has 2 aromatic rings. The van der Waals surface area contributed by atoms with Crippen molar-refractivity contribution in [3.05, 3.63) is 41.9 Å². The third-order valence-corrected chi connectivity index (χ3v) is 3.94. The fourth-order valence-corrected chi connectivity index (χ4v) is 2.67. The smallest absolute Gasteiger partial charge is 0.336 e. The van der Waals surface area contributed by atoms with Crippen LogP contribution in [0.1, 0.15) is 11.5 Å². The molecule has 0 aliphatic carbocycles. The number of methoxy groups -OCH3 is 1. The normalized spacial score (nSPS) is 18.8. The molecule has 1 atom stereocenters. The van der Waals surface area contributed by atoms with Gasteiger partial charge in [-0.15, -0.1) is 0 Å². The number of hydrogen-bond donors (Lipinski definition) is 0. The van der Waals surface area contributed by atoms with E-state index < -0.39 is 6.10 Å². The van der Waals surface area contributed by atoms with Crippen molar-refractivity contribution in [1.29, 1.82) is 0 Å². The Hall–Kier alpha value is -2.18. The van der Waals surface area contributed by atoms with Crippen molar-refractivity contribution >= 4 is 5.97 Å². The fraction of sp³-hybridized carbons (Fsp3) is 0.412. The number of esters is 1. The van der Waals surface area contributed by atoms with Crippen LogP contribution in [0.4, 0.5) is 0 Å². The molecule has 2 heterocycles. The predicted molar refractivity (Wildman–Crippen MR) is 83.7 cm³/mol. The molecule has 1 aliphatic heterocycles. The molecule has 0 amide bonds. The van der Waals surface area contributed by atoms with Crippen LogP contribution in [0.2, 0.25) is 0 Å². The van der Waals surface area contributed by atoms with Crippen molar-refractivity contribution in [2.45, 2.75) is 19.6 Å². The van der Waals surface area contributed by atoms with Crippen LogP contribution in [0, 0.1) is 6.92 Å². The predicted octanol–water partition coefficient (Wildman–Crippen LogP) is 2.02. The summed E-state index contributed by atoms with van der Waals surface area (Å²) < 4.78 is 16.0. The standard InChI is InChI=1S/C17H20N2O4/c1-12-5-3-4-6-13(12)14-9-18-16(23-14)11-19-7-8-22-15(10-19)17(20)21-2/h3-6,9,15H,7-8,10-11H2,1-2H3. The second kappa shape index (κ2) is 6.93. The van der Waals surface area contributed by atoms with Gasteiger partial charge in [-0.3, -0.25) is 4.90 Å². The molecule has 3 rings (SSSR count). The van der Waals surface area contributed by atoms with E-state index in [-0.39, 0.29) is 5.97 Å². The minimum Gasteiger partial charge on any atom is -0.467 e. The molecule has 0 saturated carbocycles. The van der Waals surface area contributed by atoms with Crippen molar-refractivity contribution in [3.8, 4) is 11.3 Å². The lowest BCUT2D eigenvalue weighted by molar-refractivity contribution is -0.160. The first-order valence-electron chi connectivity index (χ1n) is 7.60. The zero-order chi connectivity index (χ0) is 16.2. The lowest BCUT2D eigenvalue weighted by Gasteiger charge is -2.30. The highest BCUT2D eigenvalue weighted by molar-refractivity contribution is 5.74. The second-order valence-electron chi connectivity index (χ2n) is 5.55. The van der Waals surface area contributed by atoms with E-state index >= 15 is 0 Å². The van der Waals surface area contributed by atoms with Crippen LogP contribution in [-0.4, -0.2) is 48.8 Å². The Kier molecular flexibility index (Phi) is 4.73. The van der Waals surface area contributed by atoms with Crippen molar-refractivity contribution < 1.29 is 18.7 Å². The van der Waals surface area contributed by atoms with Gasteiger partial charge in [0, 0.05) is 18.7 Å². The average molecular weight is 316 g/mol. The van der Waals surface area contributed by atoms with Crippen LogP contribution in [0.3, 0.4) is 0 Å². The highest BCUT2D eigenvalue weighted by Crippen LogP contribution is 2.24.